The van der Waals surface area contributed by atoms with Crippen molar-refractivity contribution >= 4 is 23.5 Å². The van der Waals surface area contributed by atoms with Crippen LogP contribution in [0.15, 0.2) is 18.2 Å². The summed E-state index contributed by atoms with van der Waals surface area (Å²) >= 11 is 0. The number of primary amides is 1. The van der Waals surface area contributed by atoms with Crippen molar-refractivity contribution in [2.75, 3.05) is 5.32 Å². The standard InChI is InChI=1S/C15H18N2O4/c1-8-7-9(13(16)18)5-6-12(8)17-14(19)10-3-2-4-11(10)15(20)21/h5-7,10-11H,2-4H2,1H3,(H2,16,18)(H,17,19)(H,20,21). The number of nitrogens with one attached hydrogen (secondary N) is 1. The Morgan fingerprint density at radius 2 is 1.90 bits per heavy atom. The third-order valence-corrected chi connectivity index (χ3v) is 3.94. The molecule has 1 aromatic carbocycles. The molecule has 0 bridgehead atoms. The number of benzene rings is 1. The Morgan fingerprint density at radius 3 is 2.48 bits per heavy atom. The van der Waals surface area contributed by atoms with Crippen LogP contribution in [-0.2, 0) is 9.59 Å². The summed E-state index contributed by atoms with van der Waals surface area (Å²) in [5, 5.41) is 11.9. The second kappa shape index (κ2) is 5.95. The van der Waals surface area contributed by atoms with E-state index in [1.165, 1.54) is 6.07 Å². The number of nitrogens with two attached hydrogens (primary N) is 1. The SMILES string of the molecule is Cc1cc(C(N)=O)ccc1NC(=O)C1CCCC1C(=O)O. The molecule has 1 fully saturated rings. The number of carboxylic acids is 1. The fraction of sp³-hybridized carbons (Fsp3) is 0.400. The predicted octanol–water partition coefficient (Wildman–Crippen LogP) is 1.53. The highest BCUT2D eigenvalue weighted by atomic mass is 16.4. The summed E-state index contributed by atoms with van der Waals surface area (Å²) < 4.78 is 0. The second-order valence-electron chi connectivity index (χ2n) is 5.37. The minimum atomic E-state index is -0.923. The quantitative estimate of drug-likeness (QED) is 0.781. The Balaban J connectivity index is 2.13. The third kappa shape index (κ3) is 3.21. The van der Waals surface area contributed by atoms with Crippen molar-refractivity contribution in [1.29, 1.82) is 0 Å². The molecule has 1 aromatic rings. The maximum atomic E-state index is 12.2. The van der Waals surface area contributed by atoms with E-state index in [1.807, 2.05) is 0 Å². The minimum absolute atomic E-state index is 0.283. The van der Waals surface area contributed by atoms with Crippen LogP contribution in [0.4, 0.5) is 5.69 Å². The maximum Gasteiger partial charge on any atom is 0.307 e. The molecule has 1 aliphatic carbocycles. The van der Waals surface area contributed by atoms with E-state index in [2.05, 4.69) is 5.32 Å². The van der Waals surface area contributed by atoms with Gasteiger partial charge in [-0.15, -0.1) is 0 Å². The number of amides is 2. The van der Waals surface area contributed by atoms with E-state index in [1.54, 1.807) is 19.1 Å². The fourth-order valence-electron chi connectivity index (χ4n) is 2.75. The number of rotatable bonds is 4. The zero-order valence-corrected chi connectivity index (χ0v) is 11.8. The first kappa shape index (κ1) is 15.0. The lowest BCUT2D eigenvalue weighted by Gasteiger charge is -2.16. The van der Waals surface area contributed by atoms with E-state index in [0.29, 0.717) is 29.7 Å². The highest BCUT2D eigenvalue weighted by molar-refractivity contribution is 5.97. The van der Waals surface area contributed by atoms with Crippen LogP contribution in [0, 0.1) is 18.8 Å². The van der Waals surface area contributed by atoms with Gasteiger partial charge in [0.1, 0.15) is 0 Å². The summed E-state index contributed by atoms with van der Waals surface area (Å²) in [6.07, 6.45) is 1.86. The van der Waals surface area contributed by atoms with E-state index >= 15 is 0 Å². The van der Waals surface area contributed by atoms with E-state index in [0.717, 1.165) is 6.42 Å². The second-order valence-corrected chi connectivity index (χ2v) is 5.37. The summed E-state index contributed by atoms with van der Waals surface area (Å²) in [6.45, 7) is 1.76. The Morgan fingerprint density at radius 1 is 1.24 bits per heavy atom. The first-order valence-electron chi connectivity index (χ1n) is 6.84. The molecule has 0 saturated heterocycles. The lowest BCUT2D eigenvalue weighted by molar-refractivity contribution is -0.145. The highest BCUT2D eigenvalue weighted by Crippen LogP contribution is 2.33. The van der Waals surface area contributed by atoms with E-state index in [-0.39, 0.29) is 5.91 Å². The largest absolute Gasteiger partial charge is 0.481 e. The van der Waals surface area contributed by atoms with Crippen LogP contribution in [0.5, 0.6) is 0 Å². The van der Waals surface area contributed by atoms with Crippen molar-refractivity contribution in [2.45, 2.75) is 26.2 Å². The Hall–Kier alpha value is -2.37. The molecule has 112 valence electrons. The number of anilines is 1. The molecule has 6 heteroatoms. The first-order chi connectivity index (χ1) is 9.90. The highest BCUT2D eigenvalue weighted by Gasteiger charge is 2.37. The molecule has 1 aliphatic rings. The smallest absolute Gasteiger partial charge is 0.307 e. The molecular weight excluding hydrogens is 272 g/mol. The van der Waals surface area contributed by atoms with Crippen LogP contribution in [-0.4, -0.2) is 22.9 Å². The van der Waals surface area contributed by atoms with Gasteiger partial charge in [-0.3, -0.25) is 14.4 Å². The topological polar surface area (TPSA) is 109 Å². The van der Waals surface area contributed by atoms with E-state index < -0.39 is 23.7 Å². The van der Waals surface area contributed by atoms with Gasteiger partial charge in [0.15, 0.2) is 0 Å². The number of aryl methyl sites for hydroxylation is 1. The van der Waals surface area contributed by atoms with Crippen LogP contribution in [0.2, 0.25) is 0 Å². The molecule has 0 radical (unpaired) electrons. The lowest BCUT2D eigenvalue weighted by Crippen LogP contribution is -2.30. The molecule has 0 aliphatic heterocycles. The Bertz CT molecular complexity index is 597. The van der Waals surface area contributed by atoms with Crippen LogP contribution < -0.4 is 11.1 Å². The van der Waals surface area contributed by atoms with Gasteiger partial charge in [-0.2, -0.15) is 0 Å². The van der Waals surface area contributed by atoms with Gasteiger partial charge in [0.2, 0.25) is 11.8 Å². The van der Waals surface area contributed by atoms with Crippen molar-refractivity contribution in [3.05, 3.63) is 29.3 Å². The van der Waals surface area contributed by atoms with Crippen LogP contribution >= 0.6 is 0 Å². The lowest BCUT2D eigenvalue weighted by atomic mass is 9.95. The van der Waals surface area contributed by atoms with Crippen molar-refractivity contribution in [1.82, 2.24) is 0 Å². The number of aliphatic carboxylic acids is 1. The predicted molar refractivity (Wildman–Crippen MR) is 76.8 cm³/mol. The van der Waals surface area contributed by atoms with Gasteiger partial charge in [-0.25, -0.2) is 0 Å². The van der Waals surface area contributed by atoms with Crippen LogP contribution in [0.25, 0.3) is 0 Å². The monoisotopic (exact) mass is 290 g/mol. The molecule has 1 saturated carbocycles. The minimum Gasteiger partial charge on any atom is -0.481 e. The number of hydrogen-bond donors (Lipinski definition) is 3. The van der Waals surface area contributed by atoms with Gasteiger partial charge in [0, 0.05) is 11.3 Å². The van der Waals surface area contributed by atoms with Crippen LogP contribution in [0.1, 0.15) is 35.2 Å². The van der Waals surface area contributed by atoms with Gasteiger partial charge in [-0.05, 0) is 43.5 Å². The normalized spacial score (nSPS) is 21.0. The van der Waals surface area contributed by atoms with Crippen molar-refractivity contribution < 1.29 is 19.5 Å². The molecule has 2 rings (SSSR count). The fourth-order valence-corrected chi connectivity index (χ4v) is 2.75. The zero-order chi connectivity index (χ0) is 15.6. The molecule has 0 spiro atoms. The summed E-state index contributed by atoms with van der Waals surface area (Å²) in [6, 6.07) is 4.74. The number of carboxylic acid groups (broad SMARTS) is 1. The van der Waals surface area contributed by atoms with Gasteiger partial charge in [0.05, 0.1) is 11.8 Å². The van der Waals surface area contributed by atoms with Gasteiger partial charge in [0.25, 0.3) is 0 Å². The Labute approximate surface area is 122 Å². The third-order valence-electron chi connectivity index (χ3n) is 3.94. The summed E-state index contributed by atoms with van der Waals surface area (Å²) in [5.41, 5.74) is 6.85. The summed E-state index contributed by atoms with van der Waals surface area (Å²) in [5.74, 6) is -2.85. The Kier molecular flexibility index (Phi) is 4.26. The molecule has 2 amide bonds. The molecule has 21 heavy (non-hydrogen) atoms. The van der Waals surface area contributed by atoms with Gasteiger partial charge >= 0.3 is 5.97 Å². The molecule has 0 heterocycles. The van der Waals surface area contributed by atoms with Gasteiger partial charge in [-0.1, -0.05) is 6.42 Å². The first-order valence-corrected chi connectivity index (χ1v) is 6.84. The average molecular weight is 290 g/mol. The molecule has 2 unspecified atom stereocenters. The van der Waals surface area contributed by atoms with E-state index in [4.69, 9.17) is 10.8 Å². The average Bonchev–Trinajstić information content (AvgIpc) is 2.90. The summed E-state index contributed by atoms with van der Waals surface area (Å²) in [7, 11) is 0. The molecule has 0 aromatic heterocycles. The van der Waals surface area contributed by atoms with Crippen molar-refractivity contribution in [2.24, 2.45) is 17.6 Å². The number of carbonyl (C=O) groups excluding carboxylic acids is 2. The van der Waals surface area contributed by atoms with Crippen molar-refractivity contribution in [3.8, 4) is 0 Å². The molecule has 2 atom stereocenters. The number of hydrogen-bond acceptors (Lipinski definition) is 3. The number of carbonyl (C=O) groups is 3. The molecular formula is C15H18N2O4. The van der Waals surface area contributed by atoms with Gasteiger partial charge < -0.3 is 16.2 Å². The van der Waals surface area contributed by atoms with Crippen LogP contribution in [0.3, 0.4) is 0 Å². The molecule has 6 nitrogen and oxygen atoms in total. The summed E-state index contributed by atoms with van der Waals surface area (Å²) in [4.78, 5) is 34.4. The zero-order valence-electron chi connectivity index (χ0n) is 11.8. The van der Waals surface area contributed by atoms with E-state index in [9.17, 15) is 14.4 Å². The molecule has 4 N–H and O–H groups in total. The van der Waals surface area contributed by atoms with Crippen molar-refractivity contribution in [3.63, 3.8) is 0 Å². The maximum absolute atomic E-state index is 12.2.